The highest BCUT2D eigenvalue weighted by Crippen LogP contribution is 2.34. The molecule has 1 atom stereocenters. The van der Waals surface area contributed by atoms with E-state index in [4.69, 9.17) is 4.74 Å². The van der Waals surface area contributed by atoms with E-state index >= 15 is 0 Å². The Labute approximate surface area is 249 Å². The summed E-state index contributed by atoms with van der Waals surface area (Å²) in [4.78, 5) is 28.8. The number of amides is 1. The number of Topliss-reactive ketones (excluding diaryl/α,β-unsaturated/α-hetero) is 1. The lowest BCUT2D eigenvalue weighted by Gasteiger charge is -2.37. The van der Waals surface area contributed by atoms with Crippen LogP contribution in [-0.2, 0) is 17.8 Å². The van der Waals surface area contributed by atoms with Crippen molar-refractivity contribution in [1.82, 2.24) is 5.32 Å². The molecule has 0 aliphatic carbocycles. The van der Waals surface area contributed by atoms with Gasteiger partial charge in [-0.05, 0) is 66.1 Å². The number of piperidine rings is 1. The molecule has 1 heterocycles. The predicted molar refractivity (Wildman–Crippen MR) is 169 cm³/mol. The summed E-state index contributed by atoms with van der Waals surface area (Å²) in [7, 11) is 0. The molecule has 216 valence electrons. The van der Waals surface area contributed by atoms with Gasteiger partial charge in [0.25, 0.3) is 0 Å². The highest BCUT2D eigenvalue weighted by molar-refractivity contribution is 6.00. The first-order chi connectivity index (χ1) is 20.6. The van der Waals surface area contributed by atoms with E-state index in [0.29, 0.717) is 36.8 Å². The minimum Gasteiger partial charge on any atom is -0.488 e. The largest absolute Gasteiger partial charge is 0.488 e. The van der Waals surface area contributed by atoms with Crippen LogP contribution < -0.4 is 15.0 Å². The Kier molecular flexibility index (Phi) is 10.1. The van der Waals surface area contributed by atoms with Gasteiger partial charge in [0.2, 0.25) is 5.91 Å². The van der Waals surface area contributed by atoms with Crippen LogP contribution in [0.15, 0.2) is 109 Å². The van der Waals surface area contributed by atoms with Gasteiger partial charge in [-0.3, -0.25) is 9.59 Å². The molecule has 5 nitrogen and oxygen atoms in total. The number of anilines is 1. The summed E-state index contributed by atoms with van der Waals surface area (Å²) in [6, 6.07) is 36.0. The first-order valence-corrected chi connectivity index (χ1v) is 15.1. The normalized spacial score (nSPS) is 14.3. The Hall–Kier alpha value is -4.38. The zero-order chi connectivity index (χ0) is 29.1. The molecular weight excluding hydrogens is 520 g/mol. The maximum Gasteiger partial charge on any atom is 0.227 e. The number of carbonyl (C=O) groups excluding carboxylic acids is 2. The van der Waals surface area contributed by atoms with Crippen molar-refractivity contribution in [1.29, 1.82) is 0 Å². The van der Waals surface area contributed by atoms with Crippen molar-refractivity contribution in [3.8, 4) is 5.75 Å². The van der Waals surface area contributed by atoms with Gasteiger partial charge in [-0.15, -0.1) is 0 Å². The lowest BCUT2D eigenvalue weighted by atomic mass is 9.79. The summed E-state index contributed by atoms with van der Waals surface area (Å²) >= 11 is 0. The van der Waals surface area contributed by atoms with E-state index < -0.39 is 0 Å². The summed E-state index contributed by atoms with van der Waals surface area (Å²) in [6.45, 7) is 5.02. The molecular formula is C37H40N2O3. The van der Waals surface area contributed by atoms with Crippen molar-refractivity contribution in [2.24, 2.45) is 5.92 Å². The SMILES string of the molecule is CCCNC(=O)C(c1ccccc1)C1CCN(c2ccc(CC(=O)c3ccccc3OCc3ccccc3)cc2)CC1. The standard InChI is InChI=1S/C37H40N2O3/c1-2-23-38-37(41)36(30-13-7-4-8-14-30)31-21-24-39(25-22-31)32-19-17-28(18-20-32)26-34(40)33-15-9-10-16-35(33)42-27-29-11-5-3-6-12-29/h3-20,31,36H,2,21-27H2,1H3,(H,38,41). The number of nitrogens with one attached hydrogen (secondary N) is 1. The second-order valence-electron chi connectivity index (χ2n) is 11.0. The van der Waals surface area contributed by atoms with Crippen molar-refractivity contribution >= 4 is 17.4 Å². The second-order valence-corrected chi connectivity index (χ2v) is 11.0. The van der Waals surface area contributed by atoms with Crippen molar-refractivity contribution in [2.75, 3.05) is 24.5 Å². The molecule has 5 heteroatoms. The van der Waals surface area contributed by atoms with Crippen molar-refractivity contribution in [2.45, 2.75) is 45.1 Å². The highest BCUT2D eigenvalue weighted by Gasteiger charge is 2.32. The van der Waals surface area contributed by atoms with Gasteiger partial charge in [0.15, 0.2) is 5.78 Å². The van der Waals surface area contributed by atoms with Crippen molar-refractivity contribution in [3.05, 3.63) is 131 Å². The summed E-state index contributed by atoms with van der Waals surface area (Å²) in [5, 5.41) is 3.13. The van der Waals surface area contributed by atoms with Gasteiger partial charge < -0.3 is 15.0 Å². The fourth-order valence-corrected chi connectivity index (χ4v) is 5.81. The van der Waals surface area contributed by atoms with Crippen LogP contribution in [0.1, 0.15) is 59.2 Å². The maximum absolute atomic E-state index is 13.2. The molecule has 0 spiro atoms. The Morgan fingerprint density at radius 1 is 0.810 bits per heavy atom. The topological polar surface area (TPSA) is 58.6 Å². The van der Waals surface area contributed by atoms with Crippen LogP contribution in [0.4, 0.5) is 5.69 Å². The van der Waals surface area contributed by atoms with Crippen molar-refractivity contribution < 1.29 is 14.3 Å². The number of nitrogens with zero attached hydrogens (tertiary/aromatic N) is 1. The lowest BCUT2D eigenvalue weighted by molar-refractivity contribution is -0.124. The molecule has 42 heavy (non-hydrogen) atoms. The average molecular weight is 561 g/mol. The van der Waals surface area contributed by atoms with E-state index in [1.807, 2.05) is 72.8 Å². The Morgan fingerprint density at radius 3 is 2.14 bits per heavy atom. The number of ketones is 1. The monoisotopic (exact) mass is 560 g/mol. The summed E-state index contributed by atoms with van der Waals surface area (Å²) in [5.74, 6) is 0.987. The van der Waals surface area contributed by atoms with E-state index in [9.17, 15) is 9.59 Å². The minimum atomic E-state index is -0.118. The molecule has 0 bridgehead atoms. The average Bonchev–Trinajstić information content (AvgIpc) is 3.05. The second kappa shape index (κ2) is 14.5. The molecule has 1 N–H and O–H groups in total. The summed E-state index contributed by atoms with van der Waals surface area (Å²) in [6.07, 6.45) is 3.17. The van der Waals surface area contributed by atoms with Gasteiger partial charge in [0, 0.05) is 31.7 Å². The molecule has 0 radical (unpaired) electrons. The van der Waals surface area contributed by atoms with Gasteiger partial charge in [0.1, 0.15) is 12.4 Å². The molecule has 0 saturated carbocycles. The molecule has 5 rings (SSSR count). The summed E-state index contributed by atoms with van der Waals surface area (Å²) in [5.41, 5.74) is 4.91. The van der Waals surface area contributed by atoms with Crippen LogP contribution in [0.2, 0.25) is 0 Å². The smallest absolute Gasteiger partial charge is 0.227 e. The molecule has 1 aliphatic rings. The zero-order valence-electron chi connectivity index (χ0n) is 24.4. The molecule has 1 unspecified atom stereocenters. The Bertz CT molecular complexity index is 1430. The number of carbonyl (C=O) groups is 2. The summed E-state index contributed by atoms with van der Waals surface area (Å²) < 4.78 is 6.02. The van der Waals surface area contributed by atoms with E-state index in [0.717, 1.165) is 54.7 Å². The number of benzene rings is 4. The van der Waals surface area contributed by atoms with Crippen LogP contribution >= 0.6 is 0 Å². The van der Waals surface area contributed by atoms with Crippen LogP contribution in [0.5, 0.6) is 5.75 Å². The van der Waals surface area contributed by atoms with E-state index in [2.05, 4.69) is 53.5 Å². The molecule has 4 aromatic carbocycles. The van der Waals surface area contributed by atoms with Gasteiger partial charge in [-0.2, -0.15) is 0 Å². The van der Waals surface area contributed by atoms with Crippen molar-refractivity contribution in [3.63, 3.8) is 0 Å². The number of ether oxygens (including phenoxy) is 1. The fourth-order valence-electron chi connectivity index (χ4n) is 5.81. The quantitative estimate of drug-likeness (QED) is 0.186. The number of rotatable bonds is 12. The first kappa shape index (κ1) is 29.1. The highest BCUT2D eigenvalue weighted by atomic mass is 16.5. The minimum absolute atomic E-state index is 0.0422. The maximum atomic E-state index is 13.2. The Balaban J connectivity index is 1.18. The third kappa shape index (κ3) is 7.47. The molecule has 1 saturated heterocycles. The van der Waals surface area contributed by atoms with E-state index in [1.165, 1.54) is 0 Å². The fraction of sp³-hybridized carbons (Fsp3) is 0.297. The number of hydrogen-bond donors (Lipinski definition) is 1. The van der Waals surface area contributed by atoms with Gasteiger partial charge in [0.05, 0.1) is 11.5 Å². The van der Waals surface area contributed by atoms with Crippen LogP contribution in [-0.4, -0.2) is 31.3 Å². The lowest BCUT2D eigenvalue weighted by Crippen LogP contribution is -2.40. The van der Waals surface area contributed by atoms with E-state index in [-0.39, 0.29) is 17.6 Å². The molecule has 1 aliphatic heterocycles. The Morgan fingerprint density at radius 2 is 1.45 bits per heavy atom. The third-order valence-corrected chi connectivity index (χ3v) is 8.09. The molecule has 1 amide bonds. The first-order valence-electron chi connectivity index (χ1n) is 15.1. The number of hydrogen-bond acceptors (Lipinski definition) is 4. The van der Waals surface area contributed by atoms with Crippen LogP contribution in [0.25, 0.3) is 0 Å². The number of para-hydroxylation sites is 1. The van der Waals surface area contributed by atoms with Crippen LogP contribution in [0, 0.1) is 5.92 Å². The molecule has 4 aromatic rings. The molecule has 0 aromatic heterocycles. The van der Waals surface area contributed by atoms with E-state index in [1.54, 1.807) is 0 Å². The zero-order valence-corrected chi connectivity index (χ0v) is 24.4. The van der Waals surface area contributed by atoms with Gasteiger partial charge in [-0.1, -0.05) is 91.9 Å². The van der Waals surface area contributed by atoms with Crippen LogP contribution in [0.3, 0.4) is 0 Å². The predicted octanol–water partition coefficient (Wildman–Crippen LogP) is 7.22. The van der Waals surface area contributed by atoms with Gasteiger partial charge >= 0.3 is 0 Å². The third-order valence-electron chi connectivity index (χ3n) is 8.09. The molecule has 1 fully saturated rings. The van der Waals surface area contributed by atoms with Gasteiger partial charge in [-0.25, -0.2) is 0 Å².